The number of nitrogens with zero attached hydrogens (tertiary/aromatic N) is 1. The zero-order valence-electron chi connectivity index (χ0n) is 11.3. The summed E-state index contributed by atoms with van der Waals surface area (Å²) in [7, 11) is 0. The SMILES string of the molecule is CC(=NO)c1ccc(OCCOc2ccccc2)cc1. The molecule has 2 aromatic rings. The Balaban J connectivity index is 1.77. The van der Waals surface area contributed by atoms with Gasteiger partial charge in [0.1, 0.15) is 24.7 Å². The molecule has 0 amide bonds. The summed E-state index contributed by atoms with van der Waals surface area (Å²) < 4.78 is 11.1. The Kier molecular flexibility index (Phi) is 5.00. The second kappa shape index (κ2) is 7.19. The van der Waals surface area contributed by atoms with Crippen LogP contribution in [0.1, 0.15) is 12.5 Å². The van der Waals surface area contributed by atoms with Crippen LogP contribution in [-0.4, -0.2) is 24.1 Å². The predicted molar refractivity (Wildman–Crippen MR) is 77.9 cm³/mol. The van der Waals surface area contributed by atoms with Crippen LogP contribution in [0.5, 0.6) is 11.5 Å². The van der Waals surface area contributed by atoms with Crippen molar-refractivity contribution in [2.75, 3.05) is 13.2 Å². The number of para-hydroxylation sites is 1. The monoisotopic (exact) mass is 271 g/mol. The minimum absolute atomic E-state index is 0.474. The standard InChI is InChI=1S/C16H17NO3/c1-13(17-18)14-7-9-16(10-8-14)20-12-11-19-15-5-3-2-4-6-15/h2-10,18H,11-12H2,1H3. The third kappa shape index (κ3) is 4.02. The van der Waals surface area contributed by atoms with Crippen molar-refractivity contribution in [1.29, 1.82) is 0 Å². The minimum atomic E-state index is 0.474. The van der Waals surface area contributed by atoms with Gasteiger partial charge in [-0.05, 0) is 48.9 Å². The Bertz CT molecular complexity index is 550. The zero-order chi connectivity index (χ0) is 14.2. The lowest BCUT2D eigenvalue weighted by Crippen LogP contribution is -2.09. The van der Waals surface area contributed by atoms with E-state index >= 15 is 0 Å². The molecule has 4 heteroatoms. The molecule has 0 aliphatic rings. The normalized spacial score (nSPS) is 11.2. The van der Waals surface area contributed by atoms with E-state index in [0.717, 1.165) is 17.1 Å². The Morgan fingerprint density at radius 3 is 2.00 bits per heavy atom. The number of rotatable bonds is 6. The zero-order valence-corrected chi connectivity index (χ0v) is 11.3. The second-order valence-corrected chi connectivity index (χ2v) is 4.22. The molecule has 0 atom stereocenters. The molecule has 0 aliphatic heterocycles. The van der Waals surface area contributed by atoms with Gasteiger partial charge in [0.25, 0.3) is 0 Å². The number of benzene rings is 2. The fourth-order valence-electron chi connectivity index (χ4n) is 1.69. The second-order valence-electron chi connectivity index (χ2n) is 4.22. The van der Waals surface area contributed by atoms with E-state index in [9.17, 15) is 0 Å². The number of hydrogen-bond donors (Lipinski definition) is 1. The molecule has 1 N–H and O–H groups in total. The van der Waals surface area contributed by atoms with Gasteiger partial charge in [0, 0.05) is 0 Å². The summed E-state index contributed by atoms with van der Waals surface area (Å²) in [6.45, 7) is 2.70. The molecule has 104 valence electrons. The van der Waals surface area contributed by atoms with Crippen molar-refractivity contribution in [3.05, 3.63) is 60.2 Å². The summed E-state index contributed by atoms with van der Waals surface area (Å²) >= 11 is 0. The molecule has 0 heterocycles. The lowest BCUT2D eigenvalue weighted by Gasteiger charge is -2.08. The molecule has 20 heavy (non-hydrogen) atoms. The Labute approximate surface area is 118 Å². The maximum absolute atomic E-state index is 8.68. The Morgan fingerprint density at radius 1 is 0.900 bits per heavy atom. The molecular formula is C16H17NO3. The van der Waals surface area contributed by atoms with Crippen LogP contribution >= 0.6 is 0 Å². The van der Waals surface area contributed by atoms with E-state index < -0.39 is 0 Å². The molecular weight excluding hydrogens is 254 g/mol. The summed E-state index contributed by atoms with van der Waals surface area (Å²) in [6.07, 6.45) is 0. The molecule has 0 saturated heterocycles. The van der Waals surface area contributed by atoms with Crippen molar-refractivity contribution in [3.8, 4) is 11.5 Å². The lowest BCUT2D eigenvalue weighted by atomic mass is 10.1. The van der Waals surface area contributed by atoms with Crippen LogP contribution in [0.15, 0.2) is 59.8 Å². The van der Waals surface area contributed by atoms with E-state index in [-0.39, 0.29) is 0 Å². The van der Waals surface area contributed by atoms with Gasteiger partial charge in [-0.25, -0.2) is 0 Å². The van der Waals surface area contributed by atoms with Crippen molar-refractivity contribution >= 4 is 5.71 Å². The molecule has 0 aliphatic carbocycles. The summed E-state index contributed by atoms with van der Waals surface area (Å²) in [5.41, 5.74) is 1.43. The van der Waals surface area contributed by atoms with Crippen LogP contribution in [0.25, 0.3) is 0 Å². The molecule has 0 fully saturated rings. The van der Waals surface area contributed by atoms with Crippen molar-refractivity contribution in [3.63, 3.8) is 0 Å². The highest BCUT2D eigenvalue weighted by atomic mass is 16.5. The first-order chi connectivity index (χ1) is 9.79. The first kappa shape index (κ1) is 13.9. The van der Waals surface area contributed by atoms with Gasteiger partial charge in [-0.2, -0.15) is 0 Å². The van der Waals surface area contributed by atoms with E-state index in [2.05, 4.69) is 5.16 Å². The number of hydrogen-bond acceptors (Lipinski definition) is 4. The highest BCUT2D eigenvalue weighted by Gasteiger charge is 1.99. The van der Waals surface area contributed by atoms with Crippen molar-refractivity contribution in [2.24, 2.45) is 5.16 Å². The average molecular weight is 271 g/mol. The van der Waals surface area contributed by atoms with Crippen LogP contribution in [0.3, 0.4) is 0 Å². The number of ether oxygens (including phenoxy) is 2. The molecule has 4 nitrogen and oxygen atoms in total. The Morgan fingerprint density at radius 2 is 1.45 bits per heavy atom. The van der Waals surface area contributed by atoms with Gasteiger partial charge in [-0.1, -0.05) is 23.4 Å². The fourth-order valence-corrected chi connectivity index (χ4v) is 1.69. The molecule has 0 spiro atoms. The van der Waals surface area contributed by atoms with E-state index in [1.165, 1.54) is 0 Å². The molecule has 0 bridgehead atoms. The first-order valence-corrected chi connectivity index (χ1v) is 6.39. The molecule has 0 radical (unpaired) electrons. The van der Waals surface area contributed by atoms with E-state index in [1.807, 2.05) is 54.6 Å². The maximum atomic E-state index is 8.68. The van der Waals surface area contributed by atoms with E-state index in [0.29, 0.717) is 18.9 Å². The Hall–Kier alpha value is -2.49. The van der Waals surface area contributed by atoms with Crippen molar-refractivity contribution < 1.29 is 14.7 Å². The third-order valence-electron chi connectivity index (χ3n) is 2.79. The van der Waals surface area contributed by atoms with Gasteiger partial charge in [0.15, 0.2) is 0 Å². The van der Waals surface area contributed by atoms with Crippen molar-refractivity contribution in [2.45, 2.75) is 6.92 Å². The van der Waals surface area contributed by atoms with Crippen LogP contribution in [0, 0.1) is 0 Å². The van der Waals surface area contributed by atoms with Gasteiger partial charge in [0.2, 0.25) is 0 Å². The highest BCUT2D eigenvalue weighted by molar-refractivity contribution is 5.98. The van der Waals surface area contributed by atoms with Crippen LogP contribution in [-0.2, 0) is 0 Å². The summed E-state index contributed by atoms with van der Waals surface area (Å²) in [5.74, 6) is 1.59. The molecule has 0 aromatic heterocycles. The summed E-state index contributed by atoms with van der Waals surface area (Å²) in [5, 5.41) is 11.8. The topological polar surface area (TPSA) is 51.1 Å². The van der Waals surface area contributed by atoms with Crippen LogP contribution in [0.4, 0.5) is 0 Å². The van der Waals surface area contributed by atoms with E-state index in [4.69, 9.17) is 14.7 Å². The van der Waals surface area contributed by atoms with E-state index in [1.54, 1.807) is 6.92 Å². The highest BCUT2D eigenvalue weighted by Crippen LogP contribution is 2.13. The first-order valence-electron chi connectivity index (χ1n) is 6.39. The van der Waals surface area contributed by atoms with Gasteiger partial charge in [-0.15, -0.1) is 0 Å². The van der Waals surface area contributed by atoms with Gasteiger partial charge < -0.3 is 14.7 Å². The molecule has 0 saturated carbocycles. The molecule has 2 rings (SSSR count). The molecule has 0 unspecified atom stereocenters. The maximum Gasteiger partial charge on any atom is 0.122 e. The van der Waals surface area contributed by atoms with Gasteiger partial charge >= 0.3 is 0 Å². The average Bonchev–Trinajstić information content (AvgIpc) is 2.52. The minimum Gasteiger partial charge on any atom is -0.490 e. The fraction of sp³-hybridized carbons (Fsp3) is 0.188. The smallest absolute Gasteiger partial charge is 0.122 e. The summed E-state index contributed by atoms with van der Waals surface area (Å²) in [4.78, 5) is 0. The molecule has 2 aromatic carbocycles. The van der Waals surface area contributed by atoms with Crippen molar-refractivity contribution in [1.82, 2.24) is 0 Å². The van der Waals surface area contributed by atoms with Gasteiger partial charge in [0.05, 0.1) is 5.71 Å². The van der Waals surface area contributed by atoms with Crippen LogP contribution in [0.2, 0.25) is 0 Å². The third-order valence-corrected chi connectivity index (χ3v) is 2.79. The number of oxime groups is 1. The largest absolute Gasteiger partial charge is 0.490 e. The quantitative estimate of drug-likeness (QED) is 0.379. The lowest BCUT2D eigenvalue weighted by molar-refractivity contribution is 0.217. The summed E-state index contributed by atoms with van der Waals surface area (Å²) in [6, 6.07) is 17.0. The predicted octanol–water partition coefficient (Wildman–Crippen LogP) is 3.34. The van der Waals surface area contributed by atoms with Gasteiger partial charge in [-0.3, -0.25) is 0 Å². The van der Waals surface area contributed by atoms with Crippen LogP contribution < -0.4 is 9.47 Å².